The molecule has 1 aliphatic rings. The number of benzene rings is 2. The predicted octanol–water partition coefficient (Wildman–Crippen LogP) is 5.08. The lowest BCUT2D eigenvalue weighted by Crippen LogP contribution is -2.26. The number of nitrogens with zero attached hydrogens (tertiary/aromatic N) is 2. The molecule has 0 bridgehead atoms. The Morgan fingerprint density at radius 3 is 2.64 bits per heavy atom. The Bertz CT molecular complexity index is 1050. The number of carbonyl (C=O) groups is 1. The molecule has 4 rings (SSSR count). The second kappa shape index (κ2) is 10.9. The molecule has 33 heavy (non-hydrogen) atoms. The fourth-order valence-corrected chi connectivity index (χ4v) is 4.52. The van der Waals surface area contributed by atoms with Crippen LogP contribution in [0.25, 0.3) is 11.5 Å². The Kier molecular flexibility index (Phi) is 7.68. The molecular weight excluding hydrogens is 440 g/mol. The van der Waals surface area contributed by atoms with Gasteiger partial charge in [0, 0.05) is 25.1 Å². The zero-order valence-corrected chi connectivity index (χ0v) is 19.8. The first-order valence-electron chi connectivity index (χ1n) is 11.3. The summed E-state index contributed by atoms with van der Waals surface area (Å²) >= 11 is 6.19. The lowest BCUT2D eigenvalue weighted by atomic mass is 9.90. The van der Waals surface area contributed by atoms with Crippen molar-refractivity contribution in [2.24, 2.45) is 11.8 Å². The molecule has 0 spiro atoms. The van der Waals surface area contributed by atoms with Crippen molar-refractivity contribution in [2.75, 3.05) is 26.3 Å². The Hall–Kier alpha value is -2.83. The van der Waals surface area contributed by atoms with Gasteiger partial charge in [-0.25, -0.2) is 9.40 Å². The van der Waals surface area contributed by atoms with Crippen molar-refractivity contribution < 1.29 is 18.7 Å². The highest BCUT2D eigenvalue weighted by atomic mass is 35.5. The molecule has 3 aromatic rings. The lowest BCUT2D eigenvalue weighted by Gasteiger charge is -2.17. The molecule has 174 valence electrons. The molecule has 0 amide bonds. The minimum absolute atomic E-state index is 0.141. The highest BCUT2D eigenvalue weighted by molar-refractivity contribution is 6.13. The van der Waals surface area contributed by atoms with Crippen LogP contribution in [0.15, 0.2) is 59.0 Å². The number of halogens is 1. The van der Waals surface area contributed by atoms with Crippen LogP contribution in [-0.4, -0.2) is 41.7 Å². The molecule has 7 heteroatoms. The van der Waals surface area contributed by atoms with Crippen molar-refractivity contribution in [3.63, 3.8) is 0 Å². The van der Waals surface area contributed by atoms with E-state index in [1.807, 2.05) is 68.4 Å². The minimum Gasteiger partial charge on any atom is -0.493 e. The number of hydrogen-bond acceptors (Lipinski definition) is 6. The first-order valence-corrected chi connectivity index (χ1v) is 11.7. The first kappa shape index (κ1) is 23.3. The minimum atomic E-state index is -0.190. The summed E-state index contributed by atoms with van der Waals surface area (Å²) in [5, 5.41) is 0. The van der Waals surface area contributed by atoms with Crippen LogP contribution in [0.3, 0.4) is 0 Å². The van der Waals surface area contributed by atoms with Gasteiger partial charge in [0.2, 0.25) is 5.89 Å². The summed E-state index contributed by atoms with van der Waals surface area (Å²) in [5.41, 5.74) is 3.02. The van der Waals surface area contributed by atoms with Crippen LogP contribution in [0, 0.1) is 18.8 Å². The van der Waals surface area contributed by atoms with Gasteiger partial charge in [-0.15, -0.1) is 0 Å². The third-order valence-corrected chi connectivity index (χ3v) is 6.20. The van der Waals surface area contributed by atoms with Crippen molar-refractivity contribution in [3.8, 4) is 17.2 Å². The van der Waals surface area contributed by atoms with E-state index in [1.165, 1.54) is 0 Å². The van der Waals surface area contributed by atoms with E-state index in [9.17, 15) is 4.79 Å². The number of oxazole rings is 1. The van der Waals surface area contributed by atoms with Crippen molar-refractivity contribution >= 4 is 17.7 Å². The number of aromatic nitrogens is 1. The third kappa shape index (κ3) is 5.95. The van der Waals surface area contributed by atoms with Crippen molar-refractivity contribution in [3.05, 3.63) is 71.6 Å². The number of aryl methyl sites for hydroxylation is 1. The lowest BCUT2D eigenvalue weighted by molar-refractivity contribution is -0.148. The average Bonchev–Trinajstić information content (AvgIpc) is 3.38. The quantitative estimate of drug-likeness (QED) is 0.322. The number of carbonyl (C=O) groups excluding carboxylic acids is 1. The van der Waals surface area contributed by atoms with E-state index >= 15 is 0 Å². The van der Waals surface area contributed by atoms with Crippen LogP contribution >= 0.6 is 11.8 Å². The molecule has 0 N–H and O–H groups in total. The van der Waals surface area contributed by atoms with Crippen LogP contribution in [0.1, 0.15) is 23.9 Å². The van der Waals surface area contributed by atoms with Gasteiger partial charge in [0.15, 0.2) is 0 Å². The fraction of sp³-hybridized carbons (Fsp3) is 0.385. The SMILES string of the molecule is CCOC(=O)[C@H]1CN(Cl)C[C@H]1Cc1ccc(OCCc2nc(-c3ccccc3)oc2C)cc1. The molecule has 1 fully saturated rings. The molecule has 2 heterocycles. The second-order valence-electron chi connectivity index (χ2n) is 8.28. The van der Waals surface area contributed by atoms with Gasteiger partial charge in [-0.3, -0.25) is 4.79 Å². The van der Waals surface area contributed by atoms with E-state index in [0.29, 0.717) is 38.6 Å². The van der Waals surface area contributed by atoms with Gasteiger partial charge in [-0.05, 0) is 67.8 Å². The molecule has 0 saturated carbocycles. The van der Waals surface area contributed by atoms with Crippen molar-refractivity contribution in [1.82, 2.24) is 9.40 Å². The van der Waals surface area contributed by atoms with Crippen LogP contribution in [0.2, 0.25) is 0 Å². The van der Waals surface area contributed by atoms with Crippen LogP contribution in [0.5, 0.6) is 5.75 Å². The molecule has 6 nitrogen and oxygen atoms in total. The molecule has 0 aliphatic carbocycles. The Morgan fingerprint density at radius 2 is 1.91 bits per heavy atom. The Balaban J connectivity index is 1.30. The number of hydrogen-bond donors (Lipinski definition) is 0. The van der Waals surface area contributed by atoms with Gasteiger partial charge in [0.25, 0.3) is 0 Å². The molecule has 0 radical (unpaired) electrons. The molecule has 1 aliphatic heterocycles. The highest BCUT2D eigenvalue weighted by Gasteiger charge is 2.38. The molecule has 1 aromatic heterocycles. The van der Waals surface area contributed by atoms with E-state index in [-0.39, 0.29) is 17.8 Å². The van der Waals surface area contributed by atoms with E-state index in [2.05, 4.69) is 4.98 Å². The highest BCUT2D eigenvalue weighted by Crippen LogP contribution is 2.30. The van der Waals surface area contributed by atoms with Crippen LogP contribution < -0.4 is 4.74 Å². The zero-order valence-electron chi connectivity index (χ0n) is 19.0. The maximum Gasteiger partial charge on any atom is 0.310 e. The standard InChI is InChI=1S/C26H29ClN2O4/c1-3-31-26(30)23-17-29(27)16-21(23)15-19-9-11-22(12-10-19)32-14-13-24-18(2)33-25(28-24)20-7-5-4-6-8-20/h4-12,21,23H,3,13-17H2,1-2H3/t21-,23+/m1/s1. The van der Waals surface area contributed by atoms with E-state index in [4.69, 9.17) is 25.7 Å². The molecule has 2 atom stereocenters. The summed E-state index contributed by atoms with van der Waals surface area (Å²) in [5.74, 6) is 2.04. The van der Waals surface area contributed by atoms with Gasteiger partial charge in [0.1, 0.15) is 11.5 Å². The van der Waals surface area contributed by atoms with Gasteiger partial charge in [0.05, 0.1) is 24.8 Å². The summed E-state index contributed by atoms with van der Waals surface area (Å²) in [6, 6.07) is 17.9. The second-order valence-corrected chi connectivity index (χ2v) is 8.76. The van der Waals surface area contributed by atoms with Gasteiger partial charge >= 0.3 is 5.97 Å². The Morgan fingerprint density at radius 1 is 1.15 bits per heavy atom. The van der Waals surface area contributed by atoms with E-state index in [0.717, 1.165) is 34.8 Å². The largest absolute Gasteiger partial charge is 0.493 e. The van der Waals surface area contributed by atoms with Gasteiger partial charge in [-0.2, -0.15) is 0 Å². The van der Waals surface area contributed by atoms with Crippen LogP contribution in [-0.2, 0) is 22.4 Å². The smallest absolute Gasteiger partial charge is 0.310 e. The van der Waals surface area contributed by atoms with Crippen molar-refractivity contribution in [1.29, 1.82) is 0 Å². The average molecular weight is 469 g/mol. The first-order chi connectivity index (χ1) is 16.0. The fourth-order valence-electron chi connectivity index (χ4n) is 4.20. The van der Waals surface area contributed by atoms with Crippen LogP contribution in [0.4, 0.5) is 0 Å². The normalized spacial score (nSPS) is 18.4. The molecule has 0 unspecified atom stereocenters. The number of esters is 1. The maximum absolute atomic E-state index is 12.2. The molecular formula is C26H29ClN2O4. The molecule has 1 saturated heterocycles. The summed E-state index contributed by atoms with van der Waals surface area (Å²) in [6.45, 7) is 5.85. The van der Waals surface area contributed by atoms with Crippen molar-refractivity contribution in [2.45, 2.75) is 26.7 Å². The van der Waals surface area contributed by atoms with E-state index < -0.39 is 0 Å². The Labute approximate surface area is 199 Å². The predicted molar refractivity (Wildman–Crippen MR) is 127 cm³/mol. The zero-order chi connectivity index (χ0) is 23.2. The summed E-state index contributed by atoms with van der Waals surface area (Å²) in [7, 11) is 0. The van der Waals surface area contributed by atoms with E-state index in [1.54, 1.807) is 4.42 Å². The summed E-state index contributed by atoms with van der Waals surface area (Å²) in [4.78, 5) is 16.9. The topological polar surface area (TPSA) is 64.8 Å². The monoisotopic (exact) mass is 468 g/mol. The number of ether oxygens (including phenoxy) is 2. The number of rotatable bonds is 9. The maximum atomic E-state index is 12.2. The van der Waals surface area contributed by atoms with Gasteiger partial charge < -0.3 is 13.9 Å². The summed E-state index contributed by atoms with van der Waals surface area (Å²) < 4.78 is 18.6. The third-order valence-electron chi connectivity index (χ3n) is 5.93. The van der Waals surface area contributed by atoms with Gasteiger partial charge in [-0.1, -0.05) is 30.3 Å². The molecule has 2 aromatic carbocycles. The summed E-state index contributed by atoms with van der Waals surface area (Å²) in [6.07, 6.45) is 1.44.